The molecule has 0 aliphatic heterocycles. The maximum absolute atomic E-state index is 6.15. The Labute approximate surface area is 121 Å². The normalized spacial score (nSPS) is 10.5. The first-order valence-electron chi connectivity index (χ1n) is 5.89. The van der Waals surface area contributed by atoms with Gasteiger partial charge in [0, 0.05) is 28.2 Å². The maximum Gasteiger partial charge on any atom is 0.143 e. The van der Waals surface area contributed by atoms with E-state index in [9.17, 15) is 0 Å². The van der Waals surface area contributed by atoms with E-state index >= 15 is 0 Å². The first-order chi connectivity index (χ1) is 9.12. The zero-order valence-electron chi connectivity index (χ0n) is 10.5. The molecule has 0 saturated carbocycles. The number of halogens is 2. The molecule has 0 aliphatic rings. The Morgan fingerprint density at radius 1 is 1.21 bits per heavy atom. The summed E-state index contributed by atoms with van der Waals surface area (Å²) in [5, 5.41) is 1.22. The Bertz CT molecular complexity index is 565. The molecule has 0 aliphatic carbocycles. The van der Waals surface area contributed by atoms with Crippen molar-refractivity contribution in [2.24, 2.45) is 5.84 Å². The van der Waals surface area contributed by atoms with Gasteiger partial charge in [0.1, 0.15) is 11.6 Å². The van der Waals surface area contributed by atoms with E-state index < -0.39 is 0 Å². The molecule has 100 valence electrons. The molecule has 2 aromatic rings. The van der Waals surface area contributed by atoms with Crippen molar-refractivity contribution in [1.82, 2.24) is 9.97 Å². The van der Waals surface area contributed by atoms with Crippen molar-refractivity contribution < 1.29 is 0 Å². The molecule has 4 nitrogen and oxygen atoms in total. The average Bonchev–Trinajstić information content (AvgIpc) is 2.41. The van der Waals surface area contributed by atoms with Crippen molar-refractivity contribution in [3.8, 4) is 0 Å². The van der Waals surface area contributed by atoms with Crippen LogP contribution in [0, 0.1) is 0 Å². The maximum atomic E-state index is 6.15. The van der Waals surface area contributed by atoms with Crippen LogP contribution in [-0.2, 0) is 12.8 Å². The van der Waals surface area contributed by atoms with Gasteiger partial charge in [-0.1, -0.05) is 36.2 Å². The SMILES string of the molecule is CCc1cc(NN)nc(Cc2ccc(Cl)cc2Cl)n1. The molecule has 0 fully saturated rings. The highest BCUT2D eigenvalue weighted by molar-refractivity contribution is 6.35. The number of nitrogens with two attached hydrogens (primary N) is 1. The minimum atomic E-state index is 0.540. The second-order valence-electron chi connectivity index (χ2n) is 4.07. The molecule has 1 heterocycles. The summed E-state index contributed by atoms with van der Waals surface area (Å²) >= 11 is 12.0. The van der Waals surface area contributed by atoms with Crippen LogP contribution in [-0.4, -0.2) is 9.97 Å². The van der Waals surface area contributed by atoms with E-state index in [4.69, 9.17) is 29.0 Å². The highest BCUT2D eigenvalue weighted by Gasteiger charge is 2.07. The van der Waals surface area contributed by atoms with E-state index in [0.717, 1.165) is 17.7 Å². The van der Waals surface area contributed by atoms with E-state index in [-0.39, 0.29) is 0 Å². The largest absolute Gasteiger partial charge is 0.308 e. The number of nitrogen functional groups attached to an aromatic ring is 1. The van der Waals surface area contributed by atoms with Crippen LogP contribution in [0.15, 0.2) is 24.3 Å². The van der Waals surface area contributed by atoms with Crippen LogP contribution in [0.25, 0.3) is 0 Å². The van der Waals surface area contributed by atoms with Gasteiger partial charge in [0.25, 0.3) is 0 Å². The van der Waals surface area contributed by atoms with Gasteiger partial charge in [0.05, 0.1) is 0 Å². The molecule has 1 aromatic heterocycles. The fourth-order valence-corrected chi connectivity index (χ4v) is 2.20. The van der Waals surface area contributed by atoms with Crippen LogP contribution in [0.3, 0.4) is 0 Å². The van der Waals surface area contributed by atoms with E-state index in [1.54, 1.807) is 12.1 Å². The van der Waals surface area contributed by atoms with E-state index in [1.165, 1.54) is 0 Å². The molecule has 0 atom stereocenters. The second-order valence-corrected chi connectivity index (χ2v) is 4.91. The van der Waals surface area contributed by atoms with Gasteiger partial charge in [-0.2, -0.15) is 0 Å². The number of hydrogen-bond acceptors (Lipinski definition) is 4. The summed E-state index contributed by atoms with van der Waals surface area (Å²) in [4.78, 5) is 8.78. The molecule has 0 bridgehead atoms. The van der Waals surface area contributed by atoms with Gasteiger partial charge in [0.15, 0.2) is 0 Å². The molecule has 3 N–H and O–H groups in total. The number of aryl methyl sites for hydroxylation is 1. The number of aromatic nitrogens is 2. The average molecular weight is 297 g/mol. The van der Waals surface area contributed by atoms with Gasteiger partial charge in [-0.05, 0) is 24.1 Å². The van der Waals surface area contributed by atoms with Gasteiger partial charge < -0.3 is 5.43 Å². The number of benzene rings is 1. The molecule has 1 aromatic carbocycles. The van der Waals surface area contributed by atoms with Crippen molar-refractivity contribution in [3.05, 3.63) is 51.4 Å². The topological polar surface area (TPSA) is 63.8 Å². The Morgan fingerprint density at radius 2 is 2.00 bits per heavy atom. The van der Waals surface area contributed by atoms with Crippen molar-refractivity contribution in [1.29, 1.82) is 0 Å². The van der Waals surface area contributed by atoms with Gasteiger partial charge in [0.2, 0.25) is 0 Å². The van der Waals surface area contributed by atoms with Crippen LogP contribution in [0.2, 0.25) is 10.0 Å². The molecule has 0 radical (unpaired) electrons. The zero-order valence-corrected chi connectivity index (χ0v) is 12.0. The molecule has 19 heavy (non-hydrogen) atoms. The lowest BCUT2D eigenvalue weighted by atomic mass is 10.1. The van der Waals surface area contributed by atoms with Crippen molar-refractivity contribution in [2.45, 2.75) is 19.8 Å². The molecule has 0 spiro atoms. The smallest absolute Gasteiger partial charge is 0.143 e. The standard InChI is InChI=1S/C13H14Cl2N4/c1-2-10-7-13(19-16)18-12(17-10)5-8-3-4-9(14)6-11(8)15/h3-4,6-7H,2,5,16H2,1H3,(H,17,18,19). The van der Waals surface area contributed by atoms with Gasteiger partial charge in [-0.25, -0.2) is 15.8 Å². The molecule has 0 amide bonds. The number of anilines is 1. The summed E-state index contributed by atoms with van der Waals surface area (Å²) in [5.74, 6) is 6.68. The third-order valence-corrected chi connectivity index (χ3v) is 3.29. The monoisotopic (exact) mass is 296 g/mol. The van der Waals surface area contributed by atoms with Crippen molar-refractivity contribution in [3.63, 3.8) is 0 Å². The summed E-state index contributed by atoms with van der Waals surface area (Å²) in [6.07, 6.45) is 1.36. The molecule has 0 unspecified atom stereocenters. The molecule has 6 heteroatoms. The lowest BCUT2D eigenvalue weighted by Crippen LogP contribution is -2.11. The fraction of sp³-hybridized carbons (Fsp3) is 0.231. The number of rotatable bonds is 4. The quantitative estimate of drug-likeness (QED) is 0.672. The number of nitrogens with zero attached hydrogens (tertiary/aromatic N) is 2. The Hall–Kier alpha value is -1.36. The molecule has 0 saturated heterocycles. The van der Waals surface area contributed by atoms with Crippen molar-refractivity contribution >= 4 is 29.0 Å². The minimum absolute atomic E-state index is 0.540. The van der Waals surface area contributed by atoms with Crippen LogP contribution >= 0.6 is 23.2 Å². The Kier molecular flexibility index (Phi) is 4.58. The van der Waals surface area contributed by atoms with E-state index in [2.05, 4.69) is 15.4 Å². The predicted octanol–water partition coefficient (Wildman–Crippen LogP) is 3.22. The molecule has 2 rings (SSSR count). The highest BCUT2D eigenvalue weighted by Crippen LogP contribution is 2.23. The van der Waals surface area contributed by atoms with Crippen LogP contribution in [0.1, 0.15) is 24.0 Å². The van der Waals surface area contributed by atoms with Gasteiger partial charge in [-0.3, -0.25) is 0 Å². The highest BCUT2D eigenvalue weighted by atomic mass is 35.5. The lowest BCUT2D eigenvalue weighted by molar-refractivity contribution is 0.905. The zero-order chi connectivity index (χ0) is 13.8. The summed E-state index contributed by atoms with van der Waals surface area (Å²) in [6, 6.07) is 7.22. The van der Waals surface area contributed by atoms with Crippen LogP contribution < -0.4 is 11.3 Å². The Balaban J connectivity index is 2.31. The Morgan fingerprint density at radius 3 is 2.63 bits per heavy atom. The summed E-state index contributed by atoms with van der Waals surface area (Å²) in [6.45, 7) is 2.03. The minimum Gasteiger partial charge on any atom is -0.308 e. The van der Waals surface area contributed by atoms with Crippen LogP contribution in [0.5, 0.6) is 0 Å². The number of hydrogen-bond donors (Lipinski definition) is 2. The first-order valence-corrected chi connectivity index (χ1v) is 6.65. The van der Waals surface area contributed by atoms with Gasteiger partial charge >= 0.3 is 0 Å². The predicted molar refractivity (Wildman–Crippen MR) is 78.5 cm³/mol. The third kappa shape index (κ3) is 3.56. The van der Waals surface area contributed by atoms with Crippen molar-refractivity contribution in [2.75, 3.05) is 5.43 Å². The van der Waals surface area contributed by atoms with Crippen LogP contribution in [0.4, 0.5) is 5.82 Å². The number of nitrogens with one attached hydrogen (secondary N) is 1. The fourth-order valence-electron chi connectivity index (χ4n) is 1.72. The number of hydrazine groups is 1. The van der Waals surface area contributed by atoms with Gasteiger partial charge in [-0.15, -0.1) is 0 Å². The summed E-state index contributed by atoms with van der Waals surface area (Å²) in [7, 11) is 0. The van der Waals surface area contributed by atoms with E-state index in [1.807, 2.05) is 19.1 Å². The summed E-state index contributed by atoms with van der Waals surface area (Å²) < 4.78 is 0. The second kappa shape index (κ2) is 6.19. The first kappa shape index (κ1) is 14.1. The lowest BCUT2D eigenvalue weighted by Gasteiger charge is -2.08. The van der Waals surface area contributed by atoms with E-state index in [0.29, 0.717) is 28.1 Å². The molecular weight excluding hydrogens is 283 g/mol. The molecular formula is C13H14Cl2N4. The third-order valence-electron chi connectivity index (χ3n) is 2.70. The summed E-state index contributed by atoms with van der Waals surface area (Å²) in [5.41, 5.74) is 4.41.